The third kappa shape index (κ3) is 4.52. The maximum absolute atomic E-state index is 8.84. The standard InChI is InChI=1S/C13H27NO/c1-3-12-6-4-5-7-13(12)14-10-11(2)8-9-15/h11-15H,3-10H2,1-2H3. The lowest BCUT2D eigenvalue weighted by molar-refractivity contribution is 0.228. The van der Waals surface area contributed by atoms with E-state index in [2.05, 4.69) is 19.2 Å². The summed E-state index contributed by atoms with van der Waals surface area (Å²) in [7, 11) is 0. The van der Waals surface area contributed by atoms with Crippen LogP contribution in [0.4, 0.5) is 0 Å². The summed E-state index contributed by atoms with van der Waals surface area (Å²) in [4.78, 5) is 0. The number of nitrogens with one attached hydrogen (secondary N) is 1. The highest BCUT2D eigenvalue weighted by molar-refractivity contribution is 4.80. The molecule has 0 spiro atoms. The van der Waals surface area contributed by atoms with Crippen LogP contribution in [0.1, 0.15) is 52.4 Å². The normalized spacial score (nSPS) is 29.0. The lowest BCUT2D eigenvalue weighted by atomic mass is 9.82. The molecule has 1 fully saturated rings. The Morgan fingerprint density at radius 3 is 2.73 bits per heavy atom. The van der Waals surface area contributed by atoms with Gasteiger partial charge in [-0.1, -0.05) is 33.1 Å². The van der Waals surface area contributed by atoms with Gasteiger partial charge in [0.25, 0.3) is 0 Å². The molecule has 2 nitrogen and oxygen atoms in total. The van der Waals surface area contributed by atoms with Crippen molar-refractivity contribution >= 4 is 0 Å². The van der Waals surface area contributed by atoms with E-state index < -0.39 is 0 Å². The van der Waals surface area contributed by atoms with Gasteiger partial charge in [-0.25, -0.2) is 0 Å². The second kappa shape index (κ2) is 7.24. The minimum atomic E-state index is 0.324. The summed E-state index contributed by atoms with van der Waals surface area (Å²) in [6, 6.07) is 0.741. The van der Waals surface area contributed by atoms with Crippen LogP contribution in [0.15, 0.2) is 0 Å². The van der Waals surface area contributed by atoms with Gasteiger partial charge in [-0.2, -0.15) is 0 Å². The summed E-state index contributed by atoms with van der Waals surface area (Å²) in [5.41, 5.74) is 0. The van der Waals surface area contributed by atoms with Crippen LogP contribution in [-0.4, -0.2) is 24.3 Å². The molecule has 0 aromatic heterocycles. The second-order valence-corrected chi connectivity index (χ2v) is 5.08. The Labute approximate surface area is 94.5 Å². The fourth-order valence-electron chi connectivity index (χ4n) is 2.64. The van der Waals surface area contributed by atoms with Gasteiger partial charge >= 0.3 is 0 Å². The summed E-state index contributed by atoms with van der Waals surface area (Å²) in [5.74, 6) is 1.49. The van der Waals surface area contributed by atoms with Crippen LogP contribution in [0.3, 0.4) is 0 Å². The number of rotatable bonds is 6. The molecule has 15 heavy (non-hydrogen) atoms. The van der Waals surface area contributed by atoms with E-state index >= 15 is 0 Å². The van der Waals surface area contributed by atoms with Crippen LogP contribution < -0.4 is 5.32 Å². The average molecular weight is 213 g/mol. The molecule has 2 heteroatoms. The van der Waals surface area contributed by atoms with Crippen molar-refractivity contribution in [2.24, 2.45) is 11.8 Å². The van der Waals surface area contributed by atoms with Crippen molar-refractivity contribution in [3.63, 3.8) is 0 Å². The minimum Gasteiger partial charge on any atom is -0.396 e. The molecular formula is C13H27NO. The monoisotopic (exact) mass is 213 g/mol. The first-order chi connectivity index (χ1) is 7.27. The molecule has 1 aliphatic carbocycles. The molecule has 0 amide bonds. The Kier molecular flexibility index (Phi) is 6.26. The van der Waals surface area contributed by atoms with E-state index in [9.17, 15) is 0 Å². The Hall–Kier alpha value is -0.0800. The van der Waals surface area contributed by atoms with Crippen LogP contribution in [0.5, 0.6) is 0 Å². The van der Waals surface area contributed by atoms with Crippen LogP contribution in [-0.2, 0) is 0 Å². The first-order valence-corrected chi connectivity index (χ1v) is 6.62. The Bertz CT molecular complexity index is 161. The van der Waals surface area contributed by atoms with Gasteiger partial charge in [0.2, 0.25) is 0 Å². The molecule has 0 bridgehead atoms. The Balaban J connectivity index is 2.22. The fourth-order valence-corrected chi connectivity index (χ4v) is 2.64. The summed E-state index contributed by atoms with van der Waals surface area (Å²) >= 11 is 0. The Morgan fingerprint density at radius 1 is 1.33 bits per heavy atom. The van der Waals surface area contributed by atoms with Gasteiger partial charge in [0.05, 0.1) is 0 Å². The van der Waals surface area contributed by atoms with Crippen LogP contribution >= 0.6 is 0 Å². The highest BCUT2D eigenvalue weighted by atomic mass is 16.3. The van der Waals surface area contributed by atoms with E-state index in [4.69, 9.17) is 5.11 Å². The Morgan fingerprint density at radius 2 is 2.07 bits per heavy atom. The molecule has 0 heterocycles. The van der Waals surface area contributed by atoms with E-state index in [1.807, 2.05) is 0 Å². The molecule has 0 saturated heterocycles. The summed E-state index contributed by atoms with van der Waals surface area (Å²) in [6.07, 6.45) is 7.81. The van der Waals surface area contributed by atoms with Crippen molar-refractivity contribution in [3.05, 3.63) is 0 Å². The van der Waals surface area contributed by atoms with E-state index in [0.717, 1.165) is 24.9 Å². The summed E-state index contributed by atoms with van der Waals surface area (Å²) in [6.45, 7) is 5.92. The quantitative estimate of drug-likeness (QED) is 0.711. The molecule has 3 unspecified atom stereocenters. The van der Waals surface area contributed by atoms with Gasteiger partial charge in [-0.15, -0.1) is 0 Å². The van der Waals surface area contributed by atoms with E-state index in [1.54, 1.807) is 0 Å². The first-order valence-electron chi connectivity index (χ1n) is 6.62. The van der Waals surface area contributed by atoms with E-state index in [-0.39, 0.29) is 0 Å². The largest absolute Gasteiger partial charge is 0.396 e. The molecule has 1 aliphatic rings. The third-order valence-electron chi connectivity index (χ3n) is 3.78. The van der Waals surface area contributed by atoms with Crippen molar-refractivity contribution in [1.82, 2.24) is 5.32 Å². The van der Waals surface area contributed by atoms with Gasteiger partial charge in [-0.05, 0) is 37.6 Å². The van der Waals surface area contributed by atoms with E-state index in [1.165, 1.54) is 32.1 Å². The summed E-state index contributed by atoms with van der Waals surface area (Å²) < 4.78 is 0. The molecule has 0 radical (unpaired) electrons. The van der Waals surface area contributed by atoms with Crippen LogP contribution in [0, 0.1) is 11.8 Å². The SMILES string of the molecule is CCC1CCCCC1NCC(C)CCO. The van der Waals surface area contributed by atoms with Crippen molar-refractivity contribution < 1.29 is 5.11 Å². The predicted octanol–water partition coefficient (Wildman–Crippen LogP) is 2.56. The number of aliphatic hydroxyl groups excluding tert-OH is 1. The van der Waals surface area contributed by atoms with Gasteiger partial charge in [0.15, 0.2) is 0 Å². The van der Waals surface area contributed by atoms with Crippen molar-refractivity contribution in [3.8, 4) is 0 Å². The zero-order chi connectivity index (χ0) is 11.1. The molecule has 0 aromatic rings. The lowest BCUT2D eigenvalue weighted by Crippen LogP contribution is -2.40. The molecule has 1 rings (SSSR count). The van der Waals surface area contributed by atoms with Crippen LogP contribution in [0.2, 0.25) is 0 Å². The number of hydrogen-bond donors (Lipinski definition) is 2. The number of hydrogen-bond acceptors (Lipinski definition) is 2. The van der Waals surface area contributed by atoms with Crippen LogP contribution in [0.25, 0.3) is 0 Å². The maximum Gasteiger partial charge on any atom is 0.0434 e. The van der Waals surface area contributed by atoms with Crippen molar-refractivity contribution in [2.45, 2.75) is 58.4 Å². The van der Waals surface area contributed by atoms with Gasteiger partial charge in [0.1, 0.15) is 0 Å². The molecule has 2 N–H and O–H groups in total. The molecule has 90 valence electrons. The number of aliphatic hydroxyl groups is 1. The molecule has 3 atom stereocenters. The topological polar surface area (TPSA) is 32.3 Å². The summed E-state index contributed by atoms with van der Waals surface area (Å²) in [5, 5.41) is 12.5. The van der Waals surface area contributed by atoms with Crippen molar-refractivity contribution in [1.29, 1.82) is 0 Å². The third-order valence-corrected chi connectivity index (χ3v) is 3.78. The average Bonchev–Trinajstić information content (AvgIpc) is 2.27. The molecular weight excluding hydrogens is 186 g/mol. The molecule has 0 aromatic carbocycles. The van der Waals surface area contributed by atoms with E-state index in [0.29, 0.717) is 12.5 Å². The van der Waals surface area contributed by atoms with Gasteiger partial charge in [-0.3, -0.25) is 0 Å². The smallest absolute Gasteiger partial charge is 0.0434 e. The molecule has 0 aliphatic heterocycles. The highest BCUT2D eigenvalue weighted by Crippen LogP contribution is 2.26. The lowest BCUT2D eigenvalue weighted by Gasteiger charge is -2.32. The highest BCUT2D eigenvalue weighted by Gasteiger charge is 2.23. The van der Waals surface area contributed by atoms with Gasteiger partial charge in [0, 0.05) is 12.6 Å². The second-order valence-electron chi connectivity index (χ2n) is 5.08. The van der Waals surface area contributed by atoms with Crippen molar-refractivity contribution in [2.75, 3.05) is 13.2 Å². The minimum absolute atomic E-state index is 0.324. The zero-order valence-electron chi connectivity index (χ0n) is 10.3. The predicted molar refractivity (Wildman–Crippen MR) is 64.9 cm³/mol. The molecule has 1 saturated carbocycles. The zero-order valence-corrected chi connectivity index (χ0v) is 10.3. The first kappa shape index (κ1) is 13.0. The van der Waals surface area contributed by atoms with Gasteiger partial charge < -0.3 is 10.4 Å². The fraction of sp³-hybridized carbons (Fsp3) is 1.00. The maximum atomic E-state index is 8.84.